The molecule has 1 aromatic carbocycles. The van der Waals surface area contributed by atoms with E-state index in [9.17, 15) is 0 Å². The van der Waals surface area contributed by atoms with E-state index in [0.29, 0.717) is 25.4 Å². The molecule has 2 atom stereocenters. The van der Waals surface area contributed by atoms with Crippen molar-refractivity contribution in [2.45, 2.75) is 51.2 Å². The van der Waals surface area contributed by atoms with Crippen LogP contribution < -0.4 is 10.1 Å². The molecule has 20 heavy (non-hydrogen) atoms. The molecule has 0 aromatic heterocycles. The average molecular weight is 277 g/mol. The molecule has 1 N–H and O–H groups in total. The number of rotatable bonds is 8. The van der Waals surface area contributed by atoms with E-state index >= 15 is 0 Å². The summed E-state index contributed by atoms with van der Waals surface area (Å²) in [5, 5.41) is 3.61. The Morgan fingerprint density at radius 2 is 1.90 bits per heavy atom. The van der Waals surface area contributed by atoms with Crippen molar-refractivity contribution in [2.24, 2.45) is 0 Å². The van der Waals surface area contributed by atoms with Gasteiger partial charge in [0.1, 0.15) is 12.4 Å². The van der Waals surface area contributed by atoms with Crippen molar-refractivity contribution >= 4 is 0 Å². The van der Waals surface area contributed by atoms with Gasteiger partial charge in [-0.3, -0.25) is 0 Å². The third kappa shape index (κ3) is 5.14. The molecule has 0 radical (unpaired) electrons. The molecular weight excluding hydrogens is 250 g/mol. The van der Waals surface area contributed by atoms with Gasteiger partial charge in [-0.25, -0.2) is 0 Å². The van der Waals surface area contributed by atoms with E-state index in [0.717, 1.165) is 12.3 Å². The fourth-order valence-corrected chi connectivity index (χ4v) is 2.74. The lowest BCUT2D eigenvalue weighted by atomic mass is 9.92. The zero-order valence-electron chi connectivity index (χ0n) is 12.5. The Hall–Kier alpha value is -1.06. The summed E-state index contributed by atoms with van der Waals surface area (Å²) < 4.78 is 11.7. The zero-order chi connectivity index (χ0) is 14.0. The molecule has 0 heterocycles. The highest BCUT2D eigenvalue weighted by Gasteiger charge is 2.24. The van der Waals surface area contributed by atoms with Crippen molar-refractivity contribution in [2.75, 3.05) is 19.8 Å². The van der Waals surface area contributed by atoms with Crippen LogP contribution in [0.15, 0.2) is 30.3 Å². The maximum atomic E-state index is 6.03. The van der Waals surface area contributed by atoms with E-state index in [1.54, 1.807) is 0 Å². The van der Waals surface area contributed by atoms with Crippen molar-refractivity contribution < 1.29 is 9.47 Å². The smallest absolute Gasteiger partial charge is 0.119 e. The van der Waals surface area contributed by atoms with Crippen LogP contribution in [0.3, 0.4) is 0 Å². The summed E-state index contributed by atoms with van der Waals surface area (Å²) in [6, 6.07) is 10.5. The maximum absolute atomic E-state index is 6.03. The van der Waals surface area contributed by atoms with Crippen LogP contribution in [0.5, 0.6) is 5.75 Å². The first-order valence-corrected chi connectivity index (χ1v) is 7.93. The van der Waals surface area contributed by atoms with Gasteiger partial charge in [0, 0.05) is 6.04 Å². The van der Waals surface area contributed by atoms with Gasteiger partial charge in [-0.15, -0.1) is 0 Å². The highest BCUT2D eigenvalue weighted by Crippen LogP contribution is 2.21. The number of nitrogens with one attached hydrogen (secondary N) is 1. The van der Waals surface area contributed by atoms with Gasteiger partial charge in [0.05, 0.1) is 12.7 Å². The minimum Gasteiger partial charge on any atom is -0.491 e. The van der Waals surface area contributed by atoms with Gasteiger partial charge >= 0.3 is 0 Å². The second-order valence-electron chi connectivity index (χ2n) is 5.42. The van der Waals surface area contributed by atoms with Crippen LogP contribution in [0.4, 0.5) is 0 Å². The summed E-state index contributed by atoms with van der Waals surface area (Å²) >= 11 is 0. The molecule has 112 valence electrons. The second kappa shape index (κ2) is 8.98. The maximum Gasteiger partial charge on any atom is 0.119 e. The lowest BCUT2D eigenvalue weighted by Gasteiger charge is -2.32. The molecule has 0 bridgehead atoms. The Labute approximate surface area is 122 Å². The number of hydrogen-bond acceptors (Lipinski definition) is 3. The standard InChI is InChI=1S/C17H27NO2/c1-2-12-18-16-10-6-7-11-17(16)20-14-13-19-15-8-4-3-5-9-15/h3-5,8-9,16-18H,2,6-7,10-14H2,1H3. The topological polar surface area (TPSA) is 30.5 Å². The van der Waals surface area contributed by atoms with Crippen LogP contribution in [0.25, 0.3) is 0 Å². The third-order valence-corrected chi connectivity index (χ3v) is 3.79. The summed E-state index contributed by atoms with van der Waals surface area (Å²) in [5.41, 5.74) is 0. The van der Waals surface area contributed by atoms with Gasteiger partial charge < -0.3 is 14.8 Å². The summed E-state index contributed by atoms with van der Waals surface area (Å²) in [4.78, 5) is 0. The van der Waals surface area contributed by atoms with Crippen molar-refractivity contribution in [1.29, 1.82) is 0 Å². The lowest BCUT2D eigenvalue weighted by Crippen LogP contribution is -2.44. The van der Waals surface area contributed by atoms with Crippen molar-refractivity contribution in [3.05, 3.63) is 30.3 Å². The van der Waals surface area contributed by atoms with Crippen LogP contribution in [0.1, 0.15) is 39.0 Å². The van der Waals surface area contributed by atoms with Crippen LogP contribution in [-0.4, -0.2) is 31.9 Å². The molecule has 1 saturated carbocycles. The lowest BCUT2D eigenvalue weighted by molar-refractivity contribution is -0.00722. The molecule has 2 unspecified atom stereocenters. The first-order valence-electron chi connectivity index (χ1n) is 7.93. The molecule has 0 saturated heterocycles. The predicted molar refractivity (Wildman–Crippen MR) is 82.2 cm³/mol. The normalized spacial score (nSPS) is 22.6. The van der Waals surface area contributed by atoms with E-state index in [2.05, 4.69) is 12.2 Å². The van der Waals surface area contributed by atoms with E-state index in [1.165, 1.54) is 32.1 Å². The highest BCUT2D eigenvalue weighted by atomic mass is 16.5. The van der Waals surface area contributed by atoms with Crippen LogP contribution >= 0.6 is 0 Å². The Kier molecular flexibility index (Phi) is 6.89. The molecule has 2 rings (SSSR count). The van der Waals surface area contributed by atoms with Gasteiger partial charge in [0.25, 0.3) is 0 Å². The Morgan fingerprint density at radius 1 is 1.10 bits per heavy atom. The van der Waals surface area contributed by atoms with E-state index in [4.69, 9.17) is 9.47 Å². The first kappa shape index (κ1) is 15.3. The Morgan fingerprint density at radius 3 is 2.70 bits per heavy atom. The summed E-state index contributed by atoms with van der Waals surface area (Å²) in [7, 11) is 0. The monoisotopic (exact) mass is 277 g/mol. The molecular formula is C17H27NO2. The minimum absolute atomic E-state index is 0.356. The number of hydrogen-bond donors (Lipinski definition) is 1. The van der Waals surface area contributed by atoms with Gasteiger partial charge in [-0.05, 0) is 37.9 Å². The quantitative estimate of drug-likeness (QED) is 0.739. The fraction of sp³-hybridized carbons (Fsp3) is 0.647. The Bertz CT molecular complexity index is 355. The third-order valence-electron chi connectivity index (χ3n) is 3.79. The van der Waals surface area contributed by atoms with Gasteiger partial charge in [-0.1, -0.05) is 38.0 Å². The molecule has 1 aromatic rings. The van der Waals surface area contributed by atoms with Crippen molar-refractivity contribution in [3.63, 3.8) is 0 Å². The van der Waals surface area contributed by atoms with Crippen LogP contribution in [0, 0.1) is 0 Å². The molecule has 3 heteroatoms. The molecule has 3 nitrogen and oxygen atoms in total. The largest absolute Gasteiger partial charge is 0.491 e. The highest BCUT2D eigenvalue weighted by molar-refractivity contribution is 5.20. The predicted octanol–water partition coefficient (Wildman–Crippen LogP) is 3.39. The van der Waals surface area contributed by atoms with Crippen LogP contribution in [-0.2, 0) is 4.74 Å². The molecule has 1 fully saturated rings. The van der Waals surface area contributed by atoms with Crippen molar-refractivity contribution in [1.82, 2.24) is 5.32 Å². The van der Waals surface area contributed by atoms with Gasteiger partial charge in [-0.2, -0.15) is 0 Å². The second-order valence-corrected chi connectivity index (χ2v) is 5.42. The molecule has 0 spiro atoms. The number of para-hydroxylation sites is 1. The summed E-state index contributed by atoms with van der Waals surface area (Å²) in [5.74, 6) is 0.917. The van der Waals surface area contributed by atoms with Crippen molar-refractivity contribution in [3.8, 4) is 5.75 Å². The number of ether oxygens (including phenoxy) is 2. The van der Waals surface area contributed by atoms with Gasteiger partial charge in [0.2, 0.25) is 0 Å². The molecule has 1 aliphatic carbocycles. The van der Waals surface area contributed by atoms with E-state index < -0.39 is 0 Å². The van der Waals surface area contributed by atoms with Gasteiger partial charge in [0.15, 0.2) is 0 Å². The SMILES string of the molecule is CCCNC1CCCCC1OCCOc1ccccc1. The summed E-state index contributed by atoms with van der Waals surface area (Å²) in [6.45, 7) is 4.59. The number of benzene rings is 1. The van der Waals surface area contributed by atoms with E-state index in [-0.39, 0.29) is 0 Å². The fourth-order valence-electron chi connectivity index (χ4n) is 2.74. The van der Waals surface area contributed by atoms with Crippen LogP contribution in [0.2, 0.25) is 0 Å². The molecule has 1 aliphatic rings. The zero-order valence-corrected chi connectivity index (χ0v) is 12.5. The molecule has 0 aliphatic heterocycles. The minimum atomic E-state index is 0.356. The van der Waals surface area contributed by atoms with E-state index in [1.807, 2.05) is 30.3 Å². The first-order chi connectivity index (χ1) is 9.90. The molecule has 0 amide bonds. The average Bonchev–Trinajstić information content (AvgIpc) is 2.51. The summed E-state index contributed by atoms with van der Waals surface area (Å²) in [6.07, 6.45) is 6.56. The Balaban J connectivity index is 1.66.